The largest absolute Gasteiger partial charge is 0.573 e. The van der Waals surface area contributed by atoms with Crippen molar-refractivity contribution in [2.75, 3.05) is 0 Å². The predicted octanol–water partition coefficient (Wildman–Crippen LogP) is 4.67. The van der Waals surface area contributed by atoms with Gasteiger partial charge in [-0.2, -0.15) is 0 Å². The minimum Gasteiger partial charge on any atom is -0.406 e. The Kier molecular flexibility index (Phi) is 3.61. The topological polar surface area (TPSA) is 9.23 Å². The van der Waals surface area contributed by atoms with E-state index in [2.05, 4.69) is 4.74 Å². The first-order valence-corrected chi connectivity index (χ1v) is 5.27. The summed E-state index contributed by atoms with van der Waals surface area (Å²) in [7, 11) is 0. The lowest BCUT2D eigenvalue weighted by Gasteiger charge is -2.10. The molecular weight excluding hydrogens is 286 g/mol. The fourth-order valence-corrected chi connectivity index (χ4v) is 1.60. The summed E-state index contributed by atoms with van der Waals surface area (Å²) in [4.78, 5) is 0. The molecule has 2 aromatic carbocycles. The zero-order valence-electron chi connectivity index (χ0n) is 9.64. The minimum atomic E-state index is -4.85. The van der Waals surface area contributed by atoms with Crippen LogP contribution >= 0.6 is 0 Å². The molecule has 0 saturated carbocycles. The molecule has 0 unspecified atom stereocenters. The maximum atomic E-state index is 13.5. The SMILES string of the molecule is Fc1cc(F)c(F)c(-c2ccc(OC(F)(F)F)cc2)c1. The van der Waals surface area contributed by atoms with Gasteiger partial charge in [0.05, 0.1) is 0 Å². The first kappa shape index (κ1) is 14.2. The summed E-state index contributed by atoms with van der Waals surface area (Å²) in [6, 6.07) is 5.10. The van der Waals surface area contributed by atoms with Crippen molar-refractivity contribution in [1.29, 1.82) is 0 Å². The Morgan fingerprint density at radius 3 is 2.00 bits per heavy atom. The number of benzene rings is 2. The Labute approximate surface area is 109 Å². The molecule has 0 spiro atoms. The molecule has 0 radical (unpaired) electrons. The summed E-state index contributed by atoms with van der Waals surface area (Å²) in [5.41, 5.74) is -0.364. The van der Waals surface area contributed by atoms with Crippen LogP contribution in [0.4, 0.5) is 26.3 Å². The van der Waals surface area contributed by atoms with E-state index in [9.17, 15) is 26.3 Å². The van der Waals surface area contributed by atoms with Crippen molar-refractivity contribution in [2.24, 2.45) is 0 Å². The van der Waals surface area contributed by atoms with Crippen LogP contribution in [0.2, 0.25) is 0 Å². The summed E-state index contributed by atoms with van der Waals surface area (Å²) < 4.78 is 79.0. The number of halogens is 6. The molecule has 0 bridgehead atoms. The van der Waals surface area contributed by atoms with Crippen LogP contribution in [-0.2, 0) is 0 Å². The molecule has 0 atom stereocenters. The third-order valence-electron chi connectivity index (χ3n) is 2.39. The highest BCUT2D eigenvalue weighted by molar-refractivity contribution is 5.65. The van der Waals surface area contributed by atoms with Crippen LogP contribution in [0, 0.1) is 17.5 Å². The molecule has 0 aliphatic heterocycles. The highest BCUT2D eigenvalue weighted by Crippen LogP contribution is 2.29. The predicted molar refractivity (Wildman–Crippen MR) is 58.4 cm³/mol. The van der Waals surface area contributed by atoms with Crippen LogP contribution in [0.3, 0.4) is 0 Å². The van der Waals surface area contributed by atoms with Crippen LogP contribution in [0.25, 0.3) is 11.1 Å². The van der Waals surface area contributed by atoms with Gasteiger partial charge < -0.3 is 4.74 Å². The van der Waals surface area contributed by atoms with Gasteiger partial charge in [-0.1, -0.05) is 12.1 Å². The van der Waals surface area contributed by atoms with Gasteiger partial charge in [0.2, 0.25) is 0 Å². The van der Waals surface area contributed by atoms with Crippen LogP contribution in [0.15, 0.2) is 36.4 Å². The van der Waals surface area contributed by atoms with E-state index in [0.29, 0.717) is 6.07 Å². The van der Waals surface area contributed by atoms with Crippen LogP contribution in [0.1, 0.15) is 0 Å². The third kappa shape index (κ3) is 3.23. The molecule has 2 rings (SSSR count). The van der Waals surface area contributed by atoms with Crippen LogP contribution in [-0.4, -0.2) is 6.36 Å². The van der Waals surface area contributed by atoms with E-state index in [1.807, 2.05) is 0 Å². The van der Waals surface area contributed by atoms with Gasteiger partial charge in [0, 0.05) is 11.6 Å². The zero-order chi connectivity index (χ0) is 14.9. The highest BCUT2D eigenvalue weighted by Gasteiger charge is 2.31. The molecule has 1 nitrogen and oxygen atoms in total. The number of alkyl halides is 3. The maximum Gasteiger partial charge on any atom is 0.573 e. The van der Waals surface area contributed by atoms with Crippen molar-refractivity contribution in [3.8, 4) is 16.9 Å². The summed E-state index contributed by atoms with van der Waals surface area (Å²) in [5, 5.41) is 0. The Morgan fingerprint density at radius 1 is 0.850 bits per heavy atom. The molecule has 0 N–H and O–H groups in total. The monoisotopic (exact) mass is 292 g/mol. The minimum absolute atomic E-state index is 0.0235. The van der Waals surface area contributed by atoms with Crippen molar-refractivity contribution in [1.82, 2.24) is 0 Å². The van der Waals surface area contributed by atoms with Gasteiger partial charge in [0.1, 0.15) is 11.6 Å². The first-order chi connectivity index (χ1) is 9.26. The summed E-state index contributed by atoms with van der Waals surface area (Å²) in [6.45, 7) is 0. The van der Waals surface area contributed by atoms with Crippen molar-refractivity contribution in [3.63, 3.8) is 0 Å². The molecule has 0 aliphatic carbocycles. The van der Waals surface area contributed by atoms with Crippen molar-refractivity contribution < 1.29 is 31.1 Å². The van der Waals surface area contributed by atoms with E-state index >= 15 is 0 Å². The molecule has 0 aromatic heterocycles. The van der Waals surface area contributed by atoms with Crippen molar-refractivity contribution >= 4 is 0 Å². The standard InChI is InChI=1S/C13H6F6O/c14-8-5-10(12(16)11(15)6-8)7-1-3-9(4-2-7)20-13(17,18)19/h1-6H. The quantitative estimate of drug-likeness (QED) is 0.577. The van der Waals surface area contributed by atoms with Gasteiger partial charge in [-0.25, -0.2) is 13.2 Å². The molecule has 0 fully saturated rings. The normalized spacial score (nSPS) is 11.5. The highest BCUT2D eigenvalue weighted by atomic mass is 19.4. The Bertz CT molecular complexity index is 618. The lowest BCUT2D eigenvalue weighted by molar-refractivity contribution is -0.274. The smallest absolute Gasteiger partial charge is 0.406 e. The van der Waals surface area contributed by atoms with Gasteiger partial charge in [0.15, 0.2) is 11.6 Å². The average Bonchev–Trinajstić information content (AvgIpc) is 2.33. The van der Waals surface area contributed by atoms with Crippen molar-refractivity contribution in [2.45, 2.75) is 6.36 Å². The van der Waals surface area contributed by atoms with Gasteiger partial charge in [0.25, 0.3) is 0 Å². The second kappa shape index (κ2) is 5.07. The van der Waals surface area contributed by atoms with E-state index in [1.165, 1.54) is 0 Å². The first-order valence-electron chi connectivity index (χ1n) is 5.27. The lowest BCUT2D eigenvalue weighted by atomic mass is 10.0. The molecule has 0 saturated heterocycles. The molecule has 20 heavy (non-hydrogen) atoms. The Morgan fingerprint density at radius 2 is 1.45 bits per heavy atom. The van der Waals surface area contributed by atoms with E-state index in [1.54, 1.807) is 0 Å². The molecular formula is C13H6F6O. The number of ether oxygens (including phenoxy) is 1. The lowest BCUT2D eigenvalue weighted by Crippen LogP contribution is -2.16. The maximum absolute atomic E-state index is 13.5. The zero-order valence-corrected chi connectivity index (χ0v) is 9.64. The van der Waals surface area contributed by atoms with Crippen molar-refractivity contribution in [3.05, 3.63) is 53.8 Å². The average molecular weight is 292 g/mol. The fourth-order valence-electron chi connectivity index (χ4n) is 1.60. The third-order valence-corrected chi connectivity index (χ3v) is 2.39. The molecule has 0 amide bonds. The second-order valence-corrected chi connectivity index (χ2v) is 3.82. The summed E-state index contributed by atoms with van der Waals surface area (Å²) in [6.07, 6.45) is -4.85. The molecule has 2 aromatic rings. The number of rotatable bonds is 2. The van der Waals surface area contributed by atoms with Crippen LogP contribution in [0.5, 0.6) is 5.75 Å². The Balaban J connectivity index is 2.36. The molecule has 7 heteroatoms. The number of hydrogen-bond donors (Lipinski definition) is 0. The van der Waals surface area contributed by atoms with Gasteiger partial charge >= 0.3 is 6.36 Å². The van der Waals surface area contributed by atoms with E-state index in [-0.39, 0.29) is 11.1 Å². The fraction of sp³-hybridized carbons (Fsp3) is 0.0769. The van der Waals surface area contributed by atoms with Gasteiger partial charge in [-0.3, -0.25) is 0 Å². The van der Waals surface area contributed by atoms with E-state index in [4.69, 9.17) is 0 Å². The summed E-state index contributed by atoms with van der Waals surface area (Å²) >= 11 is 0. The van der Waals surface area contributed by atoms with Gasteiger partial charge in [-0.05, 0) is 23.8 Å². The number of hydrogen-bond acceptors (Lipinski definition) is 1. The van der Waals surface area contributed by atoms with E-state index < -0.39 is 29.6 Å². The molecule has 106 valence electrons. The van der Waals surface area contributed by atoms with E-state index in [0.717, 1.165) is 30.3 Å². The van der Waals surface area contributed by atoms with Crippen LogP contribution < -0.4 is 4.74 Å². The van der Waals surface area contributed by atoms with Gasteiger partial charge in [-0.15, -0.1) is 13.2 Å². The molecule has 0 aliphatic rings. The summed E-state index contributed by atoms with van der Waals surface area (Å²) in [5.74, 6) is -4.17. The molecule has 0 heterocycles. The Hall–Kier alpha value is -2.18. The second-order valence-electron chi connectivity index (χ2n) is 3.82.